The van der Waals surface area contributed by atoms with Gasteiger partial charge in [0.15, 0.2) is 0 Å². The van der Waals surface area contributed by atoms with Crippen LogP contribution in [0.2, 0.25) is 18.1 Å². The van der Waals surface area contributed by atoms with Gasteiger partial charge in [-0.2, -0.15) is 0 Å². The van der Waals surface area contributed by atoms with Gasteiger partial charge in [0.1, 0.15) is 0 Å². The summed E-state index contributed by atoms with van der Waals surface area (Å²) in [4.78, 5) is 0. The molecule has 1 fully saturated rings. The quantitative estimate of drug-likeness (QED) is 0.114. The highest BCUT2D eigenvalue weighted by atomic mass is 28.5. The van der Waals surface area contributed by atoms with Gasteiger partial charge in [0, 0.05) is 0 Å². The predicted molar refractivity (Wildman–Crippen MR) is 152 cm³/mol. The minimum atomic E-state index is -2.56. The van der Waals surface area contributed by atoms with Gasteiger partial charge >= 0.3 is 25.7 Å². The molecule has 1 aliphatic heterocycles. The van der Waals surface area contributed by atoms with Gasteiger partial charge in [0.2, 0.25) is 0 Å². The van der Waals surface area contributed by atoms with Crippen molar-refractivity contribution >= 4 is 25.7 Å². The zero-order valence-electron chi connectivity index (χ0n) is 22.3. The minimum absolute atomic E-state index is 0.987. The number of rotatable bonds is 21. The summed E-state index contributed by atoms with van der Waals surface area (Å²) in [6.07, 6.45) is 18.7. The Hall–Kier alpha value is -0.249. The molecular formula is C27H54O3Si3. The molecule has 3 nitrogen and oxygen atoms in total. The summed E-state index contributed by atoms with van der Waals surface area (Å²) in [5.41, 5.74) is 6.17. The lowest BCUT2D eigenvalue weighted by atomic mass is 10.2. The second kappa shape index (κ2) is 17.2. The van der Waals surface area contributed by atoms with Crippen LogP contribution in [0.3, 0.4) is 0 Å². The van der Waals surface area contributed by atoms with Crippen molar-refractivity contribution in [3.05, 3.63) is 36.8 Å². The van der Waals surface area contributed by atoms with Crippen LogP contribution in [-0.4, -0.2) is 25.7 Å². The molecule has 0 aromatic heterocycles. The lowest BCUT2D eigenvalue weighted by Gasteiger charge is -2.51. The van der Waals surface area contributed by atoms with Gasteiger partial charge in [0.05, 0.1) is 0 Å². The van der Waals surface area contributed by atoms with Crippen molar-refractivity contribution in [1.82, 2.24) is 0 Å². The molecule has 0 radical (unpaired) electrons. The Morgan fingerprint density at radius 3 is 0.879 bits per heavy atom. The summed E-state index contributed by atoms with van der Waals surface area (Å²) in [7, 11) is -7.68. The van der Waals surface area contributed by atoms with E-state index < -0.39 is 25.7 Å². The summed E-state index contributed by atoms with van der Waals surface area (Å²) in [6, 6.07) is 2.96. The molecule has 0 spiro atoms. The van der Waals surface area contributed by atoms with Crippen LogP contribution in [-0.2, 0) is 12.3 Å². The summed E-state index contributed by atoms with van der Waals surface area (Å²) < 4.78 is 20.9. The molecule has 1 heterocycles. The highest BCUT2D eigenvalue weighted by molar-refractivity contribution is 6.99. The second-order valence-electron chi connectivity index (χ2n) is 9.85. The van der Waals surface area contributed by atoms with E-state index in [1.807, 2.05) is 0 Å². The normalized spacial score (nSPS) is 27.4. The molecule has 192 valence electrons. The molecule has 1 saturated heterocycles. The highest BCUT2D eigenvalue weighted by Crippen LogP contribution is 2.40. The number of hydrogen-bond acceptors (Lipinski definition) is 3. The van der Waals surface area contributed by atoms with E-state index in [9.17, 15) is 0 Å². The fourth-order valence-corrected chi connectivity index (χ4v) is 20.7. The molecule has 0 aliphatic carbocycles. The van der Waals surface area contributed by atoms with E-state index in [2.05, 4.69) is 57.6 Å². The molecule has 0 amide bonds. The van der Waals surface area contributed by atoms with E-state index in [0.717, 1.165) is 37.4 Å². The maximum atomic E-state index is 6.96. The number of hydrogen-bond donors (Lipinski definition) is 0. The molecule has 0 aromatic carbocycles. The van der Waals surface area contributed by atoms with Crippen LogP contribution in [0.15, 0.2) is 36.8 Å². The van der Waals surface area contributed by atoms with Crippen molar-refractivity contribution in [2.75, 3.05) is 0 Å². The highest BCUT2D eigenvalue weighted by Gasteiger charge is 2.58. The first-order chi connectivity index (χ1) is 16.0. The second-order valence-corrected chi connectivity index (χ2v) is 19.9. The van der Waals surface area contributed by atoms with E-state index in [4.69, 9.17) is 12.3 Å². The van der Waals surface area contributed by atoms with Crippen molar-refractivity contribution in [2.45, 2.75) is 135 Å². The fraction of sp³-hybridized carbons (Fsp3) is 0.778. The Morgan fingerprint density at radius 2 is 0.667 bits per heavy atom. The van der Waals surface area contributed by atoms with Crippen LogP contribution in [0.25, 0.3) is 0 Å². The van der Waals surface area contributed by atoms with Crippen LogP contribution in [0.5, 0.6) is 0 Å². The van der Waals surface area contributed by atoms with Crippen molar-refractivity contribution in [2.24, 2.45) is 0 Å². The van der Waals surface area contributed by atoms with Gasteiger partial charge in [-0.25, -0.2) is 0 Å². The van der Waals surface area contributed by atoms with Gasteiger partial charge in [-0.05, 0) is 18.1 Å². The first kappa shape index (κ1) is 30.8. The molecule has 6 heteroatoms. The lowest BCUT2D eigenvalue weighted by molar-refractivity contribution is 0.231. The van der Waals surface area contributed by atoms with Crippen LogP contribution in [0.4, 0.5) is 0 Å². The maximum Gasteiger partial charge on any atom is 0.347 e. The average molecular weight is 511 g/mol. The zero-order chi connectivity index (χ0) is 24.5. The molecule has 0 saturated carbocycles. The third kappa shape index (κ3) is 10.9. The Morgan fingerprint density at radius 1 is 0.424 bits per heavy atom. The van der Waals surface area contributed by atoms with E-state index >= 15 is 0 Å². The van der Waals surface area contributed by atoms with Gasteiger partial charge < -0.3 is 12.3 Å². The molecular weight excluding hydrogens is 457 g/mol. The van der Waals surface area contributed by atoms with E-state index in [1.54, 1.807) is 0 Å². The average Bonchev–Trinajstić information content (AvgIpc) is 2.83. The maximum absolute atomic E-state index is 6.96. The number of unbranched alkanes of at least 4 members (excludes halogenated alkanes) is 12. The van der Waals surface area contributed by atoms with Crippen molar-refractivity contribution in [3.8, 4) is 0 Å². The molecule has 0 N–H and O–H groups in total. The molecule has 1 aliphatic rings. The standard InChI is InChI=1S/C27H54O3Si3/c1-7-13-16-19-22-25-31(10-4)28-32(11-5,26-23-20-17-14-8-2)30-33(12-6,29-31)27-24-21-18-15-9-3/h10-12H,4-9,13-27H2,1-3H3. The van der Waals surface area contributed by atoms with E-state index in [0.29, 0.717) is 0 Å². The largest absolute Gasteiger partial charge is 0.409 e. The third-order valence-corrected chi connectivity index (χ3v) is 20.2. The van der Waals surface area contributed by atoms with Crippen molar-refractivity contribution < 1.29 is 12.3 Å². The Kier molecular flexibility index (Phi) is 16.1. The van der Waals surface area contributed by atoms with Crippen LogP contribution in [0, 0.1) is 0 Å². The zero-order valence-corrected chi connectivity index (χ0v) is 25.3. The van der Waals surface area contributed by atoms with Gasteiger partial charge in [0.25, 0.3) is 0 Å². The van der Waals surface area contributed by atoms with Gasteiger partial charge in [-0.3, -0.25) is 0 Å². The first-order valence-corrected chi connectivity index (χ1v) is 20.3. The SMILES string of the molecule is C=C[Si]1(CCCCCCC)O[Si](C=C)(CCCCCCC)O[Si](C=C)(CCCCCCC)O1. The van der Waals surface area contributed by atoms with Gasteiger partial charge in [-0.1, -0.05) is 134 Å². The third-order valence-electron chi connectivity index (χ3n) is 6.86. The molecule has 1 rings (SSSR count). The summed E-state index contributed by atoms with van der Waals surface area (Å²) in [5, 5.41) is 0. The fourth-order valence-electron chi connectivity index (χ4n) is 4.73. The van der Waals surface area contributed by atoms with E-state index in [1.165, 1.54) is 77.0 Å². The Balaban J connectivity index is 3.02. The van der Waals surface area contributed by atoms with Crippen LogP contribution < -0.4 is 0 Å². The lowest BCUT2D eigenvalue weighted by Crippen LogP contribution is -2.68. The monoisotopic (exact) mass is 510 g/mol. The summed E-state index contributed by atoms with van der Waals surface area (Å²) in [6.45, 7) is 19.5. The molecule has 0 aromatic rings. The Labute approximate surface area is 209 Å². The minimum Gasteiger partial charge on any atom is -0.409 e. The summed E-state index contributed by atoms with van der Waals surface area (Å²) >= 11 is 0. The smallest absolute Gasteiger partial charge is 0.347 e. The van der Waals surface area contributed by atoms with Crippen LogP contribution >= 0.6 is 0 Å². The van der Waals surface area contributed by atoms with Gasteiger partial charge in [-0.15, -0.1) is 19.7 Å². The molecule has 0 bridgehead atoms. The van der Waals surface area contributed by atoms with Crippen molar-refractivity contribution in [3.63, 3.8) is 0 Å². The summed E-state index contributed by atoms with van der Waals surface area (Å²) in [5.74, 6) is 0. The molecule has 0 atom stereocenters. The Bertz CT molecular complexity index is 471. The predicted octanol–water partition coefficient (Wildman–Crippen LogP) is 9.46. The van der Waals surface area contributed by atoms with Crippen LogP contribution in [0.1, 0.15) is 117 Å². The van der Waals surface area contributed by atoms with Crippen molar-refractivity contribution in [1.29, 1.82) is 0 Å². The molecule has 33 heavy (non-hydrogen) atoms. The van der Waals surface area contributed by atoms with E-state index in [-0.39, 0.29) is 0 Å². The molecule has 0 unspecified atom stereocenters. The topological polar surface area (TPSA) is 27.7 Å². The first-order valence-electron chi connectivity index (χ1n) is 14.0.